The summed E-state index contributed by atoms with van der Waals surface area (Å²) in [6.45, 7) is 6.88. The highest BCUT2D eigenvalue weighted by Gasteiger charge is 2.40. The lowest BCUT2D eigenvalue weighted by Gasteiger charge is -2.40. The van der Waals surface area contributed by atoms with Gasteiger partial charge in [-0.05, 0) is 37.8 Å². The van der Waals surface area contributed by atoms with E-state index < -0.39 is 0 Å². The summed E-state index contributed by atoms with van der Waals surface area (Å²) in [5.41, 5.74) is -0.155. The van der Waals surface area contributed by atoms with Crippen molar-refractivity contribution in [2.24, 2.45) is 5.41 Å². The van der Waals surface area contributed by atoms with E-state index in [1.165, 1.54) is 6.26 Å². The minimum Gasteiger partial charge on any atom is -0.459 e. The summed E-state index contributed by atoms with van der Waals surface area (Å²) in [5, 5.41) is 11.4. The number of hydrogen-bond acceptors (Lipinski definition) is 6. The van der Waals surface area contributed by atoms with Gasteiger partial charge in [0.1, 0.15) is 6.61 Å². The molecule has 4 rings (SSSR count). The number of furan rings is 1. The SMILES string of the molecule is CCC(CC)NC(=O)c1nnc2n1CC1(CCN(C(=O)c3ccco3)CC1)COC2. The Bertz CT molecular complexity index is 879. The molecule has 1 fully saturated rings. The lowest BCUT2D eigenvalue weighted by Crippen LogP contribution is -2.46. The molecular weight excluding hydrogens is 386 g/mol. The number of nitrogens with one attached hydrogen (secondary N) is 1. The molecule has 0 aliphatic carbocycles. The second-order valence-electron chi connectivity index (χ2n) is 8.28. The van der Waals surface area contributed by atoms with Crippen molar-refractivity contribution in [3.05, 3.63) is 35.8 Å². The Kier molecular flexibility index (Phi) is 5.90. The lowest BCUT2D eigenvalue weighted by atomic mass is 9.78. The van der Waals surface area contributed by atoms with Gasteiger partial charge in [-0.2, -0.15) is 0 Å². The first-order valence-corrected chi connectivity index (χ1v) is 10.7. The van der Waals surface area contributed by atoms with Gasteiger partial charge in [0, 0.05) is 31.1 Å². The quantitative estimate of drug-likeness (QED) is 0.803. The van der Waals surface area contributed by atoms with Crippen LogP contribution in [0, 0.1) is 5.41 Å². The Labute approximate surface area is 175 Å². The molecule has 1 N–H and O–H groups in total. The number of piperidine rings is 1. The number of aromatic nitrogens is 3. The third-order valence-corrected chi connectivity index (χ3v) is 6.33. The van der Waals surface area contributed by atoms with E-state index in [0.717, 1.165) is 25.7 Å². The maximum atomic E-state index is 12.8. The monoisotopic (exact) mass is 415 g/mol. The molecule has 2 aliphatic rings. The molecule has 0 saturated carbocycles. The first kappa shape index (κ1) is 20.6. The molecule has 1 spiro atoms. The van der Waals surface area contributed by atoms with Crippen LogP contribution in [0.5, 0.6) is 0 Å². The molecule has 30 heavy (non-hydrogen) atoms. The summed E-state index contributed by atoms with van der Waals surface area (Å²) in [6.07, 6.45) is 4.82. The largest absolute Gasteiger partial charge is 0.459 e. The van der Waals surface area contributed by atoms with E-state index in [9.17, 15) is 9.59 Å². The second-order valence-corrected chi connectivity index (χ2v) is 8.28. The Morgan fingerprint density at radius 3 is 2.67 bits per heavy atom. The maximum Gasteiger partial charge on any atom is 0.289 e. The van der Waals surface area contributed by atoms with Crippen molar-refractivity contribution in [2.75, 3.05) is 19.7 Å². The number of carbonyl (C=O) groups is 2. The molecule has 9 heteroatoms. The van der Waals surface area contributed by atoms with Crippen LogP contribution in [0.2, 0.25) is 0 Å². The molecule has 2 aromatic rings. The van der Waals surface area contributed by atoms with Crippen LogP contribution >= 0.6 is 0 Å². The fourth-order valence-corrected chi connectivity index (χ4v) is 4.30. The number of fused-ring (bicyclic) bond motifs is 1. The van der Waals surface area contributed by atoms with Crippen molar-refractivity contribution in [3.63, 3.8) is 0 Å². The van der Waals surface area contributed by atoms with E-state index in [4.69, 9.17) is 9.15 Å². The summed E-state index contributed by atoms with van der Waals surface area (Å²) in [5.74, 6) is 1.11. The van der Waals surface area contributed by atoms with Gasteiger partial charge in [0.25, 0.3) is 11.8 Å². The van der Waals surface area contributed by atoms with Gasteiger partial charge in [-0.15, -0.1) is 10.2 Å². The fraction of sp³-hybridized carbons (Fsp3) is 0.619. The summed E-state index contributed by atoms with van der Waals surface area (Å²) < 4.78 is 13.1. The molecule has 0 bridgehead atoms. The number of ether oxygens (including phenoxy) is 1. The van der Waals surface area contributed by atoms with Crippen molar-refractivity contribution in [2.45, 2.75) is 58.7 Å². The summed E-state index contributed by atoms with van der Waals surface area (Å²) in [4.78, 5) is 27.2. The van der Waals surface area contributed by atoms with Crippen LogP contribution in [-0.2, 0) is 17.9 Å². The van der Waals surface area contributed by atoms with Crippen molar-refractivity contribution < 1.29 is 18.7 Å². The van der Waals surface area contributed by atoms with Crippen molar-refractivity contribution in [1.29, 1.82) is 0 Å². The zero-order valence-corrected chi connectivity index (χ0v) is 17.6. The molecule has 0 radical (unpaired) electrons. The van der Waals surface area contributed by atoms with E-state index in [1.54, 1.807) is 12.1 Å². The number of rotatable bonds is 5. The average molecular weight is 415 g/mol. The normalized spacial score (nSPS) is 18.3. The summed E-state index contributed by atoms with van der Waals surface area (Å²) in [6, 6.07) is 3.53. The van der Waals surface area contributed by atoms with Crippen molar-refractivity contribution in [1.82, 2.24) is 25.0 Å². The van der Waals surface area contributed by atoms with E-state index in [-0.39, 0.29) is 23.3 Å². The van der Waals surface area contributed by atoms with Crippen LogP contribution in [0.15, 0.2) is 22.8 Å². The molecule has 0 atom stereocenters. The molecule has 2 aliphatic heterocycles. The predicted molar refractivity (Wildman–Crippen MR) is 108 cm³/mol. The van der Waals surface area contributed by atoms with Crippen LogP contribution < -0.4 is 5.32 Å². The molecule has 0 aromatic carbocycles. The Morgan fingerprint density at radius 2 is 2.00 bits per heavy atom. The van der Waals surface area contributed by atoms with Crippen LogP contribution in [0.1, 0.15) is 66.5 Å². The molecule has 4 heterocycles. The van der Waals surface area contributed by atoms with Crippen LogP contribution in [0.4, 0.5) is 0 Å². The van der Waals surface area contributed by atoms with E-state index >= 15 is 0 Å². The highest BCUT2D eigenvalue weighted by atomic mass is 16.5. The molecule has 1 saturated heterocycles. The Morgan fingerprint density at radius 1 is 1.23 bits per heavy atom. The molecule has 9 nitrogen and oxygen atoms in total. The van der Waals surface area contributed by atoms with E-state index in [0.29, 0.717) is 50.3 Å². The van der Waals surface area contributed by atoms with Crippen molar-refractivity contribution in [3.8, 4) is 0 Å². The van der Waals surface area contributed by atoms with Gasteiger partial charge in [-0.1, -0.05) is 13.8 Å². The van der Waals surface area contributed by atoms with Gasteiger partial charge < -0.3 is 23.9 Å². The zero-order valence-electron chi connectivity index (χ0n) is 17.6. The van der Waals surface area contributed by atoms with Gasteiger partial charge in [-0.25, -0.2) is 0 Å². The van der Waals surface area contributed by atoms with Crippen molar-refractivity contribution >= 4 is 11.8 Å². The third-order valence-electron chi connectivity index (χ3n) is 6.33. The Hall–Kier alpha value is -2.68. The van der Waals surface area contributed by atoms with Gasteiger partial charge in [0.2, 0.25) is 5.82 Å². The second kappa shape index (κ2) is 8.59. The summed E-state index contributed by atoms with van der Waals surface area (Å²) in [7, 11) is 0. The first-order valence-electron chi connectivity index (χ1n) is 10.7. The zero-order chi connectivity index (χ0) is 21.1. The van der Waals surface area contributed by atoms with Crippen LogP contribution in [0.25, 0.3) is 0 Å². The van der Waals surface area contributed by atoms with Crippen LogP contribution in [0.3, 0.4) is 0 Å². The molecule has 0 unspecified atom stereocenters. The number of nitrogens with zero attached hydrogens (tertiary/aromatic N) is 4. The smallest absolute Gasteiger partial charge is 0.289 e. The molecular formula is C21H29N5O4. The first-order chi connectivity index (χ1) is 14.5. The predicted octanol–water partition coefficient (Wildman–Crippen LogP) is 2.24. The van der Waals surface area contributed by atoms with Gasteiger partial charge in [0.15, 0.2) is 11.6 Å². The van der Waals surface area contributed by atoms with E-state index in [1.807, 2.05) is 9.47 Å². The molecule has 2 aromatic heterocycles. The number of amides is 2. The Balaban J connectivity index is 1.48. The number of carbonyl (C=O) groups excluding carboxylic acids is 2. The highest BCUT2D eigenvalue weighted by Crippen LogP contribution is 2.36. The maximum absolute atomic E-state index is 12.8. The highest BCUT2D eigenvalue weighted by molar-refractivity contribution is 5.91. The number of hydrogen-bond donors (Lipinski definition) is 1. The summed E-state index contributed by atoms with van der Waals surface area (Å²) >= 11 is 0. The minimum atomic E-state index is -0.190. The van der Waals surface area contributed by atoms with E-state index in [2.05, 4.69) is 29.4 Å². The van der Waals surface area contributed by atoms with Crippen LogP contribution in [-0.4, -0.2) is 57.2 Å². The topological polar surface area (TPSA) is 102 Å². The minimum absolute atomic E-state index is 0.0837. The number of likely N-dealkylation sites (tertiary alicyclic amines) is 1. The standard InChI is InChI=1S/C21H29N5O4/c1-3-15(4-2)22-19(27)18-24-23-17-12-29-14-21(13-26(17)18)7-9-25(10-8-21)20(28)16-6-5-11-30-16/h5-6,11,15H,3-4,7-10,12-14H2,1-2H3,(H,22,27). The molecule has 162 valence electrons. The molecule has 2 amide bonds. The van der Waals surface area contributed by atoms with Gasteiger partial charge in [-0.3, -0.25) is 9.59 Å². The average Bonchev–Trinajstić information content (AvgIpc) is 3.40. The fourth-order valence-electron chi connectivity index (χ4n) is 4.30. The van der Waals surface area contributed by atoms with Gasteiger partial charge >= 0.3 is 0 Å². The van der Waals surface area contributed by atoms with Gasteiger partial charge in [0.05, 0.1) is 12.9 Å². The lowest BCUT2D eigenvalue weighted by molar-refractivity contribution is -0.00269. The third kappa shape index (κ3) is 3.98.